The van der Waals surface area contributed by atoms with Gasteiger partial charge in [-0.1, -0.05) is 27.7 Å². The largest absolute Gasteiger partial charge is 0.478 e. The van der Waals surface area contributed by atoms with E-state index in [0.717, 1.165) is 12.8 Å². The van der Waals surface area contributed by atoms with E-state index in [9.17, 15) is 9.59 Å². The summed E-state index contributed by atoms with van der Waals surface area (Å²) in [5.41, 5.74) is 0.578. The van der Waals surface area contributed by atoms with E-state index in [4.69, 9.17) is 5.11 Å². The van der Waals surface area contributed by atoms with Crippen LogP contribution in [0.2, 0.25) is 0 Å². The average molecular weight is 372 g/mol. The highest BCUT2D eigenvalue weighted by Gasteiger charge is 2.21. The number of hydrogen-bond acceptors (Lipinski definition) is 5. The van der Waals surface area contributed by atoms with Crippen molar-refractivity contribution in [1.29, 1.82) is 0 Å². The average Bonchev–Trinajstić information content (AvgIpc) is 3.20. The summed E-state index contributed by atoms with van der Waals surface area (Å²) in [7, 11) is 0. The molecule has 0 bridgehead atoms. The number of H-pyrrole nitrogens is 1. The SMILES string of the molecule is CC(C)CC(CC(C)C)n1ncc2nc(-n3cc(C(=O)O)cn3)[nH]c(=O)c21. The van der Waals surface area contributed by atoms with Crippen molar-refractivity contribution < 1.29 is 9.90 Å². The molecule has 0 atom stereocenters. The Hall–Kier alpha value is -2.97. The van der Waals surface area contributed by atoms with Crippen LogP contribution >= 0.6 is 0 Å². The number of hydrogen-bond donors (Lipinski definition) is 2. The maximum Gasteiger partial charge on any atom is 0.338 e. The Morgan fingerprint density at radius 2 is 1.81 bits per heavy atom. The highest BCUT2D eigenvalue weighted by molar-refractivity contribution is 5.87. The van der Waals surface area contributed by atoms with E-state index in [-0.39, 0.29) is 23.1 Å². The number of carboxylic acids is 1. The van der Waals surface area contributed by atoms with Crippen LogP contribution in [0.5, 0.6) is 0 Å². The molecule has 3 heterocycles. The zero-order valence-corrected chi connectivity index (χ0v) is 15.9. The molecule has 9 nitrogen and oxygen atoms in total. The molecule has 0 spiro atoms. The quantitative estimate of drug-likeness (QED) is 0.658. The highest BCUT2D eigenvalue weighted by atomic mass is 16.4. The first-order valence-electron chi connectivity index (χ1n) is 9.02. The van der Waals surface area contributed by atoms with E-state index < -0.39 is 5.97 Å². The molecule has 9 heteroatoms. The molecule has 0 aliphatic rings. The standard InChI is InChI=1S/C18H24N6O3/c1-10(2)5-13(6-11(3)4)24-15-14(8-20-24)21-18(22-16(15)25)23-9-12(7-19-23)17(26)27/h7-11,13H,5-6H2,1-4H3,(H,26,27)(H,21,22,25). The van der Waals surface area contributed by atoms with E-state index in [1.807, 2.05) is 0 Å². The summed E-state index contributed by atoms with van der Waals surface area (Å²) >= 11 is 0. The van der Waals surface area contributed by atoms with Gasteiger partial charge in [-0.25, -0.2) is 14.5 Å². The van der Waals surface area contributed by atoms with Crippen LogP contribution < -0.4 is 5.56 Å². The van der Waals surface area contributed by atoms with Crippen molar-refractivity contribution in [2.45, 2.75) is 46.6 Å². The number of fused-ring (bicyclic) bond motifs is 1. The van der Waals surface area contributed by atoms with Gasteiger partial charge in [-0.2, -0.15) is 10.2 Å². The Morgan fingerprint density at radius 3 is 2.37 bits per heavy atom. The summed E-state index contributed by atoms with van der Waals surface area (Å²) < 4.78 is 3.01. The van der Waals surface area contributed by atoms with Gasteiger partial charge in [-0.15, -0.1) is 0 Å². The summed E-state index contributed by atoms with van der Waals surface area (Å²) in [5, 5.41) is 17.4. The van der Waals surface area contributed by atoms with Crippen molar-refractivity contribution in [3.05, 3.63) is 34.5 Å². The first-order valence-corrected chi connectivity index (χ1v) is 9.02. The Labute approximate surface area is 156 Å². The van der Waals surface area contributed by atoms with Gasteiger partial charge in [0.25, 0.3) is 5.56 Å². The van der Waals surface area contributed by atoms with E-state index in [1.165, 1.54) is 17.1 Å². The number of carboxylic acid groups (broad SMARTS) is 1. The number of nitrogens with zero attached hydrogens (tertiary/aromatic N) is 5. The van der Waals surface area contributed by atoms with E-state index in [0.29, 0.717) is 22.9 Å². The summed E-state index contributed by atoms with van der Waals surface area (Å²) in [6, 6.07) is 0.111. The van der Waals surface area contributed by atoms with Gasteiger partial charge in [0.15, 0.2) is 5.52 Å². The molecule has 0 amide bonds. The molecule has 2 N–H and O–H groups in total. The zero-order valence-electron chi connectivity index (χ0n) is 15.9. The van der Waals surface area contributed by atoms with Crippen molar-refractivity contribution >= 4 is 17.0 Å². The van der Waals surface area contributed by atoms with Crippen molar-refractivity contribution in [3.63, 3.8) is 0 Å². The van der Waals surface area contributed by atoms with Gasteiger partial charge in [0.05, 0.1) is 24.0 Å². The first-order chi connectivity index (χ1) is 12.8. The van der Waals surface area contributed by atoms with Crippen LogP contribution in [-0.4, -0.2) is 40.6 Å². The van der Waals surface area contributed by atoms with E-state index in [2.05, 4.69) is 47.9 Å². The third kappa shape index (κ3) is 3.91. The molecule has 3 rings (SSSR count). The lowest BCUT2D eigenvalue weighted by atomic mass is 9.96. The Morgan fingerprint density at radius 1 is 1.15 bits per heavy atom. The molecule has 0 saturated carbocycles. The molecule has 0 radical (unpaired) electrons. The molecule has 27 heavy (non-hydrogen) atoms. The van der Waals surface area contributed by atoms with Crippen molar-refractivity contribution in [3.8, 4) is 5.95 Å². The van der Waals surface area contributed by atoms with E-state index >= 15 is 0 Å². The number of nitrogens with one attached hydrogen (secondary N) is 1. The normalized spacial score (nSPS) is 12.0. The van der Waals surface area contributed by atoms with Crippen LogP contribution in [0.4, 0.5) is 0 Å². The van der Waals surface area contributed by atoms with Crippen LogP contribution in [0.15, 0.2) is 23.4 Å². The monoisotopic (exact) mass is 372 g/mol. The topological polar surface area (TPSA) is 119 Å². The second kappa shape index (κ2) is 7.34. The molecule has 0 aliphatic carbocycles. The summed E-state index contributed by atoms with van der Waals surface area (Å²) in [6.45, 7) is 8.60. The molecule has 3 aromatic rings. The smallest absolute Gasteiger partial charge is 0.338 e. The maximum absolute atomic E-state index is 12.8. The Bertz CT molecular complexity index is 1000. The van der Waals surface area contributed by atoms with Crippen LogP contribution in [0.25, 0.3) is 17.0 Å². The minimum absolute atomic E-state index is 0.0161. The fourth-order valence-corrected chi connectivity index (χ4v) is 3.28. The lowest BCUT2D eigenvalue weighted by Crippen LogP contribution is -2.21. The predicted octanol–water partition coefficient (Wildman–Crippen LogP) is 2.64. The second-order valence-electron chi connectivity index (χ2n) is 7.60. The van der Waals surface area contributed by atoms with Crippen LogP contribution in [0.3, 0.4) is 0 Å². The van der Waals surface area contributed by atoms with Gasteiger partial charge in [0.2, 0.25) is 5.95 Å². The van der Waals surface area contributed by atoms with Gasteiger partial charge in [-0.05, 0) is 24.7 Å². The summed E-state index contributed by atoms with van der Waals surface area (Å²) in [4.78, 5) is 30.9. The van der Waals surface area contributed by atoms with Gasteiger partial charge < -0.3 is 5.11 Å². The number of aromatic carboxylic acids is 1. The minimum atomic E-state index is -1.09. The molecular formula is C18H24N6O3. The van der Waals surface area contributed by atoms with Gasteiger partial charge in [-0.3, -0.25) is 14.5 Å². The first kappa shape index (κ1) is 18.8. The predicted molar refractivity (Wildman–Crippen MR) is 100 cm³/mol. The number of aromatic amines is 1. The lowest BCUT2D eigenvalue weighted by molar-refractivity contribution is 0.0697. The summed E-state index contributed by atoms with van der Waals surface area (Å²) in [6.07, 6.45) is 5.91. The lowest BCUT2D eigenvalue weighted by Gasteiger charge is -2.22. The second-order valence-corrected chi connectivity index (χ2v) is 7.60. The molecular weight excluding hydrogens is 348 g/mol. The molecule has 0 fully saturated rings. The Kier molecular flexibility index (Phi) is 5.11. The van der Waals surface area contributed by atoms with Crippen LogP contribution in [0, 0.1) is 11.8 Å². The van der Waals surface area contributed by atoms with Crippen molar-refractivity contribution in [2.75, 3.05) is 0 Å². The fraction of sp³-hybridized carbons (Fsp3) is 0.500. The minimum Gasteiger partial charge on any atom is -0.478 e. The summed E-state index contributed by atoms with van der Waals surface area (Å²) in [5.74, 6) is 0.00202. The van der Waals surface area contributed by atoms with E-state index in [1.54, 1.807) is 10.9 Å². The molecule has 0 aromatic carbocycles. The maximum atomic E-state index is 12.8. The van der Waals surface area contributed by atoms with Gasteiger partial charge in [0.1, 0.15) is 5.52 Å². The Balaban J connectivity index is 2.05. The van der Waals surface area contributed by atoms with Crippen molar-refractivity contribution in [2.24, 2.45) is 11.8 Å². The number of carbonyl (C=O) groups is 1. The number of rotatable bonds is 7. The molecule has 0 saturated heterocycles. The molecule has 144 valence electrons. The highest BCUT2D eigenvalue weighted by Crippen LogP contribution is 2.26. The fourth-order valence-electron chi connectivity index (χ4n) is 3.28. The zero-order chi connectivity index (χ0) is 19.7. The molecule has 0 aliphatic heterocycles. The van der Waals surface area contributed by atoms with Gasteiger partial charge >= 0.3 is 5.97 Å². The van der Waals surface area contributed by atoms with Crippen LogP contribution in [-0.2, 0) is 0 Å². The molecule has 0 unspecified atom stereocenters. The third-order valence-electron chi connectivity index (χ3n) is 4.32. The third-order valence-corrected chi connectivity index (χ3v) is 4.32. The van der Waals surface area contributed by atoms with Crippen molar-refractivity contribution in [1.82, 2.24) is 29.5 Å². The molecule has 3 aromatic heterocycles. The van der Waals surface area contributed by atoms with Crippen LogP contribution in [0.1, 0.15) is 56.9 Å². The van der Waals surface area contributed by atoms with Gasteiger partial charge in [0, 0.05) is 6.20 Å². The number of aromatic nitrogens is 6.